The summed E-state index contributed by atoms with van der Waals surface area (Å²) < 4.78 is 5.33. The van der Waals surface area contributed by atoms with E-state index >= 15 is 0 Å². The molecule has 1 aromatic rings. The lowest BCUT2D eigenvalue weighted by Gasteiger charge is -2.18. The summed E-state index contributed by atoms with van der Waals surface area (Å²) in [6.07, 6.45) is 1.31. The minimum absolute atomic E-state index is 0.0556. The number of ether oxygens (including phenoxy) is 1. The van der Waals surface area contributed by atoms with Crippen LogP contribution in [0.4, 0.5) is 0 Å². The fraction of sp³-hybridized carbons (Fsp3) is 0.636. The first-order valence-electron chi connectivity index (χ1n) is 5.06. The first kappa shape index (κ1) is 11.7. The third-order valence-electron chi connectivity index (χ3n) is 2.24. The third-order valence-corrected chi connectivity index (χ3v) is 3.17. The summed E-state index contributed by atoms with van der Waals surface area (Å²) in [6, 6.07) is 4.14. The Morgan fingerprint density at radius 1 is 1.57 bits per heavy atom. The van der Waals surface area contributed by atoms with E-state index in [1.54, 1.807) is 11.3 Å². The van der Waals surface area contributed by atoms with Gasteiger partial charge in [-0.15, -0.1) is 11.3 Å². The molecule has 0 bridgehead atoms. The van der Waals surface area contributed by atoms with Crippen molar-refractivity contribution in [1.29, 1.82) is 0 Å². The van der Waals surface area contributed by atoms with Crippen molar-refractivity contribution in [2.75, 3.05) is 6.61 Å². The lowest BCUT2D eigenvalue weighted by molar-refractivity contribution is -0.0244. The highest BCUT2D eigenvalue weighted by Gasteiger charge is 2.13. The zero-order valence-corrected chi connectivity index (χ0v) is 9.59. The van der Waals surface area contributed by atoms with Gasteiger partial charge in [-0.25, -0.2) is 0 Å². The maximum absolute atomic E-state index is 9.73. The lowest BCUT2D eigenvalue weighted by atomic mass is 10.1. The molecular formula is C11H18O2S. The van der Waals surface area contributed by atoms with E-state index in [0.29, 0.717) is 6.61 Å². The van der Waals surface area contributed by atoms with Crippen LogP contribution < -0.4 is 0 Å². The zero-order chi connectivity index (χ0) is 10.4. The second-order valence-corrected chi connectivity index (χ2v) is 4.38. The van der Waals surface area contributed by atoms with Crippen LogP contribution in [0.1, 0.15) is 25.1 Å². The highest BCUT2D eigenvalue weighted by molar-refractivity contribution is 7.09. The Morgan fingerprint density at radius 3 is 2.93 bits per heavy atom. The summed E-state index contributed by atoms with van der Waals surface area (Å²) in [6.45, 7) is 4.53. The second kappa shape index (κ2) is 6.17. The predicted octanol–water partition coefficient (Wildman–Crippen LogP) is 2.47. The summed E-state index contributed by atoms with van der Waals surface area (Å²) in [7, 11) is 0. The molecular weight excluding hydrogens is 196 g/mol. The molecule has 2 unspecified atom stereocenters. The van der Waals surface area contributed by atoms with Crippen molar-refractivity contribution in [3.63, 3.8) is 0 Å². The second-order valence-electron chi connectivity index (χ2n) is 3.35. The van der Waals surface area contributed by atoms with Gasteiger partial charge in [-0.1, -0.05) is 6.07 Å². The molecule has 0 fully saturated rings. The molecule has 1 rings (SSSR count). The lowest BCUT2D eigenvalue weighted by Crippen LogP contribution is -2.26. The van der Waals surface area contributed by atoms with Crippen LogP contribution >= 0.6 is 11.3 Å². The van der Waals surface area contributed by atoms with Gasteiger partial charge in [0.25, 0.3) is 0 Å². The van der Waals surface area contributed by atoms with Crippen LogP contribution in [0, 0.1) is 0 Å². The molecule has 0 radical (unpaired) electrons. The Kier molecular flexibility index (Phi) is 5.15. The van der Waals surface area contributed by atoms with E-state index < -0.39 is 0 Å². The fourth-order valence-electron chi connectivity index (χ4n) is 1.35. The molecule has 0 saturated carbocycles. The molecule has 0 spiro atoms. The van der Waals surface area contributed by atoms with Crippen LogP contribution in [0.3, 0.4) is 0 Å². The topological polar surface area (TPSA) is 29.5 Å². The molecule has 1 N–H and O–H groups in total. The van der Waals surface area contributed by atoms with E-state index in [1.807, 2.05) is 19.9 Å². The van der Waals surface area contributed by atoms with Crippen molar-refractivity contribution in [2.24, 2.45) is 0 Å². The number of aliphatic hydroxyl groups excluding tert-OH is 1. The third kappa shape index (κ3) is 3.78. The van der Waals surface area contributed by atoms with Gasteiger partial charge in [0, 0.05) is 11.5 Å². The Labute approximate surface area is 89.5 Å². The van der Waals surface area contributed by atoms with Gasteiger partial charge >= 0.3 is 0 Å². The standard InChI is InChI=1S/C11H18O2S/c1-3-13-9(2)11(12)7-6-10-5-4-8-14-10/h4-5,8-9,11-12H,3,6-7H2,1-2H3. The average molecular weight is 214 g/mol. The molecule has 2 nitrogen and oxygen atoms in total. The highest BCUT2D eigenvalue weighted by Crippen LogP contribution is 2.14. The summed E-state index contributed by atoms with van der Waals surface area (Å²) in [5.74, 6) is 0. The van der Waals surface area contributed by atoms with Crippen LogP contribution in [0.2, 0.25) is 0 Å². The van der Waals surface area contributed by atoms with Gasteiger partial charge in [0.15, 0.2) is 0 Å². The van der Waals surface area contributed by atoms with Gasteiger partial charge in [-0.05, 0) is 38.1 Å². The largest absolute Gasteiger partial charge is 0.390 e. The summed E-state index contributed by atoms with van der Waals surface area (Å²) in [5.41, 5.74) is 0. The monoisotopic (exact) mass is 214 g/mol. The SMILES string of the molecule is CCOC(C)C(O)CCc1cccs1. The highest BCUT2D eigenvalue weighted by atomic mass is 32.1. The van der Waals surface area contributed by atoms with Crippen LogP contribution in [-0.4, -0.2) is 23.9 Å². The van der Waals surface area contributed by atoms with Gasteiger partial charge in [-0.2, -0.15) is 0 Å². The minimum atomic E-state index is -0.350. The maximum Gasteiger partial charge on any atom is 0.0805 e. The predicted molar refractivity (Wildman–Crippen MR) is 59.7 cm³/mol. The summed E-state index contributed by atoms with van der Waals surface area (Å²) >= 11 is 1.74. The molecule has 0 aliphatic heterocycles. The van der Waals surface area contributed by atoms with E-state index in [0.717, 1.165) is 12.8 Å². The van der Waals surface area contributed by atoms with Crippen molar-refractivity contribution in [2.45, 2.75) is 38.9 Å². The fourth-order valence-corrected chi connectivity index (χ4v) is 2.08. The molecule has 0 aromatic carbocycles. The molecule has 0 aliphatic carbocycles. The van der Waals surface area contributed by atoms with Gasteiger partial charge in [0.05, 0.1) is 12.2 Å². The number of thiophene rings is 1. The van der Waals surface area contributed by atoms with Crippen LogP contribution in [0.25, 0.3) is 0 Å². The first-order valence-corrected chi connectivity index (χ1v) is 5.94. The molecule has 80 valence electrons. The summed E-state index contributed by atoms with van der Waals surface area (Å²) in [4.78, 5) is 1.33. The van der Waals surface area contributed by atoms with Crippen molar-refractivity contribution in [3.8, 4) is 0 Å². The minimum Gasteiger partial charge on any atom is -0.390 e. The van der Waals surface area contributed by atoms with Gasteiger partial charge in [0.1, 0.15) is 0 Å². The van der Waals surface area contributed by atoms with Crippen LogP contribution in [-0.2, 0) is 11.2 Å². The van der Waals surface area contributed by atoms with Crippen molar-refractivity contribution in [3.05, 3.63) is 22.4 Å². The van der Waals surface area contributed by atoms with E-state index in [2.05, 4.69) is 11.4 Å². The molecule has 0 saturated heterocycles. The molecule has 1 heterocycles. The van der Waals surface area contributed by atoms with Crippen molar-refractivity contribution < 1.29 is 9.84 Å². The molecule has 0 amide bonds. The Hall–Kier alpha value is -0.380. The van der Waals surface area contributed by atoms with Gasteiger partial charge in [0.2, 0.25) is 0 Å². The van der Waals surface area contributed by atoms with Crippen LogP contribution in [0.5, 0.6) is 0 Å². The number of aliphatic hydroxyl groups is 1. The van der Waals surface area contributed by atoms with Crippen LogP contribution in [0.15, 0.2) is 17.5 Å². The van der Waals surface area contributed by atoms with E-state index in [-0.39, 0.29) is 12.2 Å². The van der Waals surface area contributed by atoms with E-state index in [9.17, 15) is 5.11 Å². The van der Waals surface area contributed by atoms with Crippen molar-refractivity contribution in [1.82, 2.24) is 0 Å². The Balaban J connectivity index is 2.24. The number of hydrogen-bond acceptors (Lipinski definition) is 3. The first-order chi connectivity index (χ1) is 6.74. The van der Waals surface area contributed by atoms with Crippen molar-refractivity contribution >= 4 is 11.3 Å². The van der Waals surface area contributed by atoms with Gasteiger partial charge in [-0.3, -0.25) is 0 Å². The molecule has 0 aliphatic rings. The molecule has 14 heavy (non-hydrogen) atoms. The number of hydrogen-bond donors (Lipinski definition) is 1. The zero-order valence-electron chi connectivity index (χ0n) is 8.77. The van der Waals surface area contributed by atoms with Gasteiger partial charge < -0.3 is 9.84 Å². The maximum atomic E-state index is 9.73. The average Bonchev–Trinajstić information content (AvgIpc) is 2.67. The van der Waals surface area contributed by atoms with E-state index in [1.165, 1.54) is 4.88 Å². The Morgan fingerprint density at radius 2 is 2.36 bits per heavy atom. The number of aryl methyl sites for hydroxylation is 1. The smallest absolute Gasteiger partial charge is 0.0805 e. The Bertz CT molecular complexity index is 233. The normalized spacial score (nSPS) is 15.4. The summed E-state index contributed by atoms with van der Waals surface area (Å²) in [5, 5.41) is 11.8. The molecule has 3 heteroatoms. The molecule has 2 atom stereocenters. The molecule has 1 aromatic heterocycles. The quantitative estimate of drug-likeness (QED) is 0.788. The number of rotatable bonds is 6. The van der Waals surface area contributed by atoms with E-state index in [4.69, 9.17) is 4.74 Å².